The van der Waals surface area contributed by atoms with Crippen molar-refractivity contribution in [3.05, 3.63) is 42.1 Å². The highest BCUT2D eigenvalue weighted by Gasteiger charge is 2.56. The highest BCUT2D eigenvalue weighted by molar-refractivity contribution is 7.52. The van der Waals surface area contributed by atoms with Crippen molar-refractivity contribution in [3.63, 3.8) is 0 Å². The number of methoxy groups -OCH3 is 1. The molecular weight excluding hydrogens is 551 g/mol. The molecule has 3 rings (SSSR count). The lowest BCUT2D eigenvalue weighted by molar-refractivity contribution is -0.147. The molecule has 0 radical (unpaired) electrons. The number of carbonyl (C=O) groups is 3. The summed E-state index contributed by atoms with van der Waals surface area (Å²) >= 11 is 0. The summed E-state index contributed by atoms with van der Waals surface area (Å²) in [5, 5.41) is 26.1. The van der Waals surface area contributed by atoms with Gasteiger partial charge in [-0.25, -0.2) is 9.36 Å². The lowest BCUT2D eigenvalue weighted by Crippen LogP contribution is -2.58. The molecule has 1 fully saturated rings. The summed E-state index contributed by atoms with van der Waals surface area (Å²) in [6.45, 7) is 7.65. The second-order valence-electron chi connectivity index (χ2n) is 9.01. The van der Waals surface area contributed by atoms with Crippen LogP contribution in [0.2, 0.25) is 0 Å². The number of ether oxygens (including phenoxy) is 3. The Hall–Kier alpha value is -3.33. The maximum Gasteiger partial charge on any atom is 0.459 e. The van der Waals surface area contributed by atoms with Crippen LogP contribution in [-0.2, 0) is 32.9 Å². The number of rotatable bonds is 12. The first-order valence-corrected chi connectivity index (χ1v) is 13.7. The van der Waals surface area contributed by atoms with Gasteiger partial charge in [-0.1, -0.05) is 6.07 Å². The molecule has 1 saturated heterocycles. The Morgan fingerprint density at radius 1 is 1.38 bits per heavy atom. The van der Waals surface area contributed by atoms with Gasteiger partial charge in [-0.3, -0.25) is 19.1 Å². The summed E-state index contributed by atoms with van der Waals surface area (Å²) in [6, 6.07) is 4.49. The number of hydrogen-bond donors (Lipinski definition) is 4. The van der Waals surface area contributed by atoms with Crippen molar-refractivity contribution < 1.29 is 52.4 Å². The van der Waals surface area contributed by atoms with Crippen LogP contribution in [0.15, 0.2) is 41.5 Å². The number of nitrogens with zero attached hydrogens (tertiary/aromatic N) is 2. The van der Waals surface area contributed by atoms with Crippen molar-refractivity contribution in [1.82, 2.24) is 15.3 Å². The minimum absolute atomic E-state index is 0.0425. The third-order valence-electron chi connectivity index (χ3n) is 6.20. The lowest BCUT2D eigenvalue weighted by atomic mass is 9.92. The molecule has 0 spiro atoms. The fourth-order valence-electron chi connectivity index (χ4n) is 4.03. The first kappa shape index (κ1) is 31.2. The molecule has 0 aromatic heterocycles. The zero-order chi connectivity index (χ0) is 29.7. The van der Waals surface area contributed by atoms with E-state index >= 15 is 0 Å². The van der Waals surface area contributed by atoms with Gasteiger partial charge in [0.15, 0.2) is 6.23 Å². The summed E-state index contributed by atoms with van der Waals surface area (Å²) < 4.78 is 40.6. The van der Waals surface area contributed by atoms with Crippen LogP contribution in [0, 0.1) is 0 Å². The highest BCUT2D eigenvalue weighted by atomic mass is 31.2. The summed E-state index contributed by atoms with van der Waals surface area (Å²) in [5.41, 5.74) is -1.30. The average Bonchev–Trinajstić information content (AvgIpc) is 3.17. The topological polar surface area (TPSA) is 195 Å². The second kappa shape index (κ2) is 12.9. The fourth-order valence-corrected chi connectivity index (χ4v) is 5.52. The Labute approximate surface area is 230 Å². The molecule has 0 saturated carbocycles. The van der Waals surface area contributed by atoms with Crippen molar-refractivity contribution in [2.75, 3.05) is 20.3 Å². The molecule has 4 N–H and O–H groups in total. The van der Waals surface area contributed by atoms with Gasteiger partial charge in [0.05, 0.1) is 25.9 Å². The second-order valence-corrected chi connectivity index (χ2v) is 10.7. The molecule has 220 valence electrons. The Bertz CT molecular complexity index is 1200. The first-order chi connectivity index (χ1) is 18.9. The van der Waals surface area contributed by atoms with Gasteiger partial charge in [0, 0.05) is 12.3 Å². The van der Waals surface area contributed by atoms with Gasteiger partial charge in [0.25, 0.3) is 0 Å². The van der Waals surface area contributed by atoms with E-state index in [1.54, 1.807) is 6.92 Å². The van der Waals surface area contributed by atoms with Crippen molar-refractivity contribution in [1.29, 1.82) is 0 Å². The minimum atomic E-state index is -4.41. The van der Waals surface area contributed by atoms with E-state index in [1.165, 1.54) is 49.2 Å². The number of esters is 2. The van der Waals surface area contributed by atoms with Crippen LogP contribution in [0.5, 0.6) is 5.75 Å². The fraction of sp³-hybridized carbons (Fsp3) is 0.500. The van der Waals surface area contributed by atoms with E-state index in [-0.39, 0.29) is 17.9 Å². The standard InChI is InChI=1S/C24H33N4O11P/c1-6-36-21(32)15-8-7-9-16(12-15)39-40(34,27-14(2)20(31)35-5)37-13-17-19(30)24(3,25-4)22(38-17)28-11-10-18(29)26-23(28)33/h7-12,14,17,19,22-23,30,33H,4,6,13H2,1-3,5H3,(H,26,29)(H,27,34)/t14-,17+,19+,22+,23?,24+,40?/m0/s1. The SMILES string of the molecule is C=N[C@]1(C)[C@H](O)[C@@H](COP(=O)(N[C@@H](C)C(=O)OC)Oc2cccc(C(=O)OCC)c2)O[C@H]1N1C=CC(=O)NC1O. The van der Waals surface area contributed by atoms with Gasteiger partial charge in [-0.2, -0.15) is 5.09 Å². The summed E-state index contributed by atoms with van der Waals surface area (Å²) in [5.74, 6) is -1.97. The molecule has 1 aromatic carbocycles. The van der Waals surface area contributed by atoms with E-state index in [4.69, 9.17) is 18.5 Å². The number of aliphatic imine (C=N–C) groups is 1. The third-order valence-corrected chi connectivity index (χ3v) is 7.85. The summed E-state index contributed by atoms with van der Waals surface area (Å²) in [6.07, 6.45) is -2.75. The predicted molar refractivity (Wildman–Crippen MR) is 139 cm³/mol. The largest absolute Gasteiger partial charge is 0.468 e. The van der Waals surface area contributed by atoms with E-state index in [1.807, 2.05) is 0 Å². The van der Waals surface area contributed by atoms with Crippen LogP contribution in [0.25, 0.3) is 0 Å². The molecule has 2 aliphatic rings. The van der Waals surface area contributed by atoms with E-state index < -0.39 is 68.6 Å². The summed E-state index contributed by atoms with van der Waals surface area (Å²) in [4.78, 5) is 40.9. The number of aliphatic hydroxyl groups is 2. The van der Waals surface area contributed by atoms with Crippen LogP contribution in [0.1, 0.15) is 31.1 Å². The van der Waals surface area contributed by atoms with Gasteiger partial charge < -0.3 is 39.2 Å². The van der Waals surface area contributed by atoms with Crippen LogP contribution in [-0.4, -0.2) is 96.4 Å². The smallest absolute Gasteiger partial charge is 0.459 e. The molecule has 2 unspecified atom stereocenters. The Balaban J connectivity index is 1.84. The van der Waals surface area contributed by atoms with Gasteiger partial charge in [0.2, 0.25) is 12.3 Å². The van der Waals surface area contributed by atoms with E-state index in [2.05, 4.69) is 26.9 Å². The van der Waals surface area contributed by atoms with Crippen LogP contribution in [0.4, 0.5) is 0 Å². The minimum Gasteiger partial charge on any atom is -0.468 e. The molecule has 16 heteroatoms. The molecule has 1 aromatic rings. The molecule has 0 aliphatic carbocycles. The number of nitrogens with one attached hydrogen (secondary N) is 2. The van der Waals surface area contributed by atoms with Crippen LogP contribution < -0.4 is 14.9 Å². The number of amides is 1. The maximum atomic E-state index is 13.8. The van der Waals surface area contributed by atoms with Gasteiger partial charge >= 0.3 is 19.7 Å². The molecule has 7 atom stereocenters. The quantitative estimate of drug-likeness (QED) is 0.149. The Morgan fingerprint density at radius 2 is 2.10 bits per heavy atom. The van der Waals surface area contributed by atoms with Crippen LogP contribution in [0.3, 0.4) is 0 Å². The molecule has 2 aliphatic heterocycles. The molecule has 40 heavy (non-hydrogen) atoms. The monoisotopic (exact) mass is 584 g/mol. The van der Waals surface area contributed by atoms with Crippen LogP contribution >= 0.6 is 7.75 Å². The zero-order valence-corrected chi connectivity index (χ0v) is 23.3. The molecule has 2 heterocycles. The number of benzene rings is 1. The number of hydrogen-bond acceptors (Lipinski definition) is 13. The van der Waals surface area contributed by atoms with Gasteiger partial charge in [-0.05, 0) is 45.7 Å². The van der Waals surface area contributed by atoms with Crippen molar-refractivity contribution in [2.45, 2.75) is 57.1 Å². The number of aliphatic hydroxyl groups excluding tert-OH is 2. The van der Waals surface area contributed by atoms with Crippen molar-refractivity contribution in [2.24, 2.45) is 4.99 Å². The Morgan fingerprint density at radius 3 is 2.73 bits per heavy atom. The number of carbonyl (C=O) groups excluding carboxylic acids is 3. The molecular formula is C24H33N4O11P. The van der Waals surface area contributed by atoms with Gasteiger partial charge in [-0.15, -0.1) is 0 Å². The normalized spacial score (nSPS) is 28.2. The third kappa shape index (κ3) is 6.86. The lowest BCUT2D eigenvalue weighted by Gasteiger charge is -2.39. The van der Waals surface area contributed by atoms with Gasteiger partial charge in [0.1, 0.15) is 29.5 Å². The zero-order valence-electron chi connectivity index (χ0n) is 22.4. The summed E-state index contributed by atoms with van der Waals surface area (Å²) in [7, 11) is -3.26. The molecule has 1 amide bonds. The molecule has 0 bridgehead atoms. The molecule has 15 nitrogen and oxygen atoms in total. The first-order valence-electron chi connectivity index (χ1n) is 12.2. The highest BCUT2D eigenvalue weighted by Crippen LogP contribution is 2.47. The average molecular weight is 585 g/mol. The van der Waals surface area contributed by atoms with Crippen molar-refractivity contribution in [3.8, 4) is 5.75 Å². The maximum absolute atomic E-state index is 13.8. The van der Waals surface area contributed by atoms with E-state index in [0.717, 1.165) is 13.2 Å². The van der Waals surface area contributed by atoms with Crippen molar-refractivity contribution >= 4 is 32.3 Å². The Kier molecular flexibility index (Phi) is 10.1. The van der Waals surface area contributed by atoms with E-state index in [9.17, 15) is 29.2 Å². The van der Waals surface area contributed by atoms with E-state index in [0.29, 0.717) is 0 Å². The predicted octanol–water partition coefficient (Wildman–Crippen LogP) is 0.284.